The number of amides is 3. The van der Waals surface area contributed by atoms with Gasteiger partial charge in [0, 0.05) is 13.0 Å². The highest BCUT2D eigenvalue weighted by Gasteiger charge is 2.30. The Bertz CT molecular complexity index is 739. The molecule has 0 bridgehead atoms. The molecule has 0 aliphatic carbocycles. The van der Waals surface area contributed by atoms with E-state index < -0.39 is 66.4 Å². The summed E-state index contributed by atoms with van der Waals surface area (Å²) in [7, 11) is 0. The van der Waals surface area contributed by atoms with Crippen LogP contribution in [0.2, 0.25) is 0 Å². The predicted octanol–water partition coefficient (Wildman–Crippen LogP) is -3.83. The minimum absolute atomic E-state index is 0.00742. The molecule has 0 spiro atoms. The van der Waals surface area contributed by atoms with E-state index in [1.54, 1.807) is 0 Å². The molecule has 33 heavy (non-hydrogen) atoms. The van der Waals surface area contributed by atoms with Crippen LogP contribution in [-0.4, -0.2) is 87.8 Å². The molecule has 5 unspecified atom stereocenters. The van der Waals surface area contributed by atoms with Crippen molar-refractivity contribution in [1.82, 2.24) is 16.0 Å². The van der Waals surface area contributed by atoms with Gasteiger partial charge in [0.2, 0.25) is 17.7 Å². The van der Waals surface area contributed by atoms with Gasteiger partial charge in [-0.3, -0.25) is 29.0 Å². The van der Waals surface area contributed by atoms with Crippen LogP contribution < -0.4 is 33.2 Å². The van der Waals surface area contributed by atoms with Crippen LogP contribution in [0, 0.1) is 0 Å². The molecule has 0 heterocycles. The molecule has 3 amide bonds. The zero-order chi connectivity index (χ0) is 25.7. The number of nitrogens with two attached hydrogens (primary N) is 3. The summed E-state index contributed by atoms with van der Waals surface area (Å²) in [6.07, 6.45) is -1.81. The van der Waals surface area contributed by atoms with Crippen LogP contribution in [0.3, 0.4) is 0 Å². The third-order valence-corrected chi connectivity index (χ3v) is 4.41. The van der Waals surface area contributed by atoms with E-state index in [0.717, 1.165) is 0 Å². The maximum atomic E-state index is 12.8. The summed E-state index contributed by atoms with van der Waals surface area (Å²) < 4.78 is 0. The number of aliphatic hydroxyl groups is 1. The third-order valence-electron chi connectivity index (χ3n) is 4.41. The largest absolute Gasteiger partial charge is 0.481 e. The fourth-order valence-corrected chi connectivity index (χ4v) is 2.44. The van der Waals surface area contributed by atoms with Gasteiger partial charge in [0.15, 0.2) is 5.96 Å². The molecule has 12 N–H and O–H groups in total. The number of hydrogen-bond acceptors (Lipinski definition) is 8. The molecule has 15 heteroatoms. The lowest BCUT2D eigenvalue weighted by atomic mass is 10.1. The Kier molecular flexibility index (Phi) is 13.0. The molecule has 0 rings (SSSR count). The Morgan fingerprint density at radius 2 is 1.39 bits per heavy atom. The number of carboxylic acids is 2. The van der Waals surface area contributed by atoms with Gasteiger partial charge in [0.05, 0.1) is 6.10 Å². The first-order valence-corrected chi connectivity index (χ1v) is 10.1. The molecule has 15 nitrogen and oxygen atoms in total. The van der Waals surface area contributed by atoms with Gasteiger partial charge >= 0.3 is 11.9 Å². The van der Waals surface area contributed by atoms with E-state index in [1.165, 1.54) is 13.8 Å². The van der Waals surface area contributed by atoms with Crippen molar-refractivity contribution in [2.24, 2.45) is 22.2 Å². The highest BCUT2D eigenvalue weighted by Crippen LogP contribution is 2.05. The van der Waals surface area contributed by atoms with Crippen molar-refractivity contribution in [1.29, 1.82) is 0 Å². The van der Waals surface area contributed by atoms with Gasteiger partial charge < -0.3 is 48.5 Å². The van der Waals surface area contributed by atoms with Gasteiger partial charge in [0.1, 0.15) is 24.2 Å². The lowest BCUT2D eigenvalue weighted by molar-refractivity contribution is -0.141. The Morgan fingerprint density at radius 1 is 0.879 bits per heavy atom. The summed E-state index contributed by atoms with van der Waals surface area (Å²) in [4.78, 5) is 63.2. The monoisotopic (exact) mass is 475 g/mol. The zero-order valence-corrected chi connectivity index (χ0v) is 18.5. The standard InChI is InChI=1S/C18H33N7O8/c1-8(17(32)33)23-14(29)10(4-3-7-22-18(20)21)24-15(30)11(5-6-12(27)28)25-16(31)13(19)9(2)26/h8-11,13,26H,3-7,19H2,1-2H3,(H,23,29)(H,24,30)(H,25,31)(H,27,28)(H,32,33)(H4,20,21,22). The van der Waals surface area contributed by atoms with Crippen LogP contribution in [-0.2, 0) is 24.0 Å². The number of nitrogens with one attached hydrogen (secondary N) is 3. The molecule has 188 valence electrons. The number of rotatable bonds is 15. The van der Waals surface area contributed by atoms with Gasteiger partial charge in [-0.2, -0.15) is 0 Å². The summed E-state index contributed by atoms with van der Waals surface area (Å²) in [5.74, 6) is -5.31. The van der Waals surface area contributed by atoms with Crippen LogP contribution in [0.25, 0.3) is 0 Å². The van der Waals surface area contributed by atoms with Crippen LogP contribution in [0.5, 0.6) is 0 Å². The van der Waals surface area contributed by atoms with Gasteiger partial charge in [-0.05, 0) is 33.1 Å². The summed E-state index contributed by atoms with van der Waals surface area (Å²) in [5, 5.41) is 34.2. The van der Waals surface area contributed by atoms with Crippen LogP contribution >= 0.6 is 0 Å². The average Bonchev–Trinajstić information content (AvgIpc) is 2.71. The maximum Gasteiger partial charge on any atom is 0.325 e. The molecule has 0 aliphatic heterocycles. The zero-order valence-electron chi connectivity index (χ0n) is 18.5. The van der Waals surface area contributed by atoms with Crippen LogP contribution in [0.1, 0.15) is 39.5 Å². The smallest absolute Gasteiger partial charge is 0.325 e. The van der Waals surface area contributed by atoms with Crippen molar-refractivity contribution in [3.8, 4) is 0 Å². The molecule has 0 aromatic carbocycles. The second-order valence-corrected chi connectivity index (χ2v) is 7.34. The van der Waals surface area contributed by atoms with E-state index in [-0.39, 0.29) is 31.8 Å². The SMILES string of the molecule is CC(NC(=O)C(CCCN=C(N)N)NC(=O)C(CCC(=O)O)NC(=O)C(N)C(C)O)C(=O)O. The van der Waals surface area contributed by atoms with Gasteiger partial charge in [-0.15, -0.1) is 0 Å². The number of carbonyl (C=O) groups excluding carboxylic acids is 3. The lowest BCUT2D eigenvalue weighted by Gasteiger charge is -2.25. The molecule has 5 atom stereocenters. The molecule has 0 radical (unpaired) electrons. The predicted molar refractivity (Wildman–Crippen MR) is 116 cm³/mol. The highest BCUT2D eigenvalue weighted by molar-refractivity contribution is 5.94. The Labute approximate surface area is 190 Å². The van der Waals surface area contributed by atoms with Crippen molar-refractivity contribution in [2.75, 3.05) is 6.54 Å². The van der Waals surface area contributed by atoms with E-state index >= 15 is 0 Å². The molecular weight excluding hydrogens is 442 g/mol. The van der Waals surface area contributed by atoms with Crippen LogP contribution in [0.4, 0.5) is 0 Å². The van der Waals surface area contributed by atoms with E-state index in [0.29, 0.717) is 0 Å². The number of carboxylic acid groups (broad SMARTS) is 2. The van der Waals surface area contributed by atoms with Crippen molar-refractivity contribution < 1.29 is 39.3 Å². The molecule has 0 aromatic rings. The van der Waals surface area contributed by atoms with Crippen molar-refractivity contribution in [3.63, 3.8) is 0 Å². The summed E-state index contributed by atoms with van der Waals surface area (Å²) in [6, 6.07) is -5.24. The minimum atomic E-state index is -1.39. The first-order chi connectivity index (χ1) is 15.3. The molecule has 0 saturated heterocycles. The van der Waals surface area contributed by atoms with E-state index in [4.69, 9.17) is 27.4 Å². The van der Waals surface area contributed by atoms with Gasteiger partial charge in [0.25, 0.3) is 0 Å². The van der Waals surface area contributed by atoms with E-state index in [9.17, 15) is 29.1 Å². The fraction of sp³-hybridized carbons (Fsp3) is 0.667. The molecular formula is C18H33N7O8. The second kappa shape index (κ2) is 14.6. The maximum absolute atomic E-state index is 12.8. The highest BCUT2D eigenvalue weighted by atomic mass is 16.4. The Morgan fingerprint density at radius 3 is 1.88 bits per heavy atom. The second-order valence-electron chi connectivity index (χ2n) is 7.34. The number of aliphatic hydroxyl groups excluding tert-OH is 1. The lowest BCUT2D eigenvalue weighted by Crippen LogP contribution is -2.58. The Hall–Kier alpha value is -3.46. The Balaban J connectivity index is 5.50. The average molecular weight is 476 g/mol. The van der Waals surface area contributed by atoms with Gasteiger partial charge in [-0.25, -0.2) is 0 Å². The number of aliphatic imine (C=N–C) groups is 1. The van der Waals surface area contributed by atoms with Crippen LogP contribution in [0.15, 0.2) is 4.99 Å². The minimum Gasteiger partial charge on any atom is -0.481 e. The first kappa shape index (κ1) is 29.5. The first-order valence-electron chi connectivity index (χ1n) is 10.1. The number of guanidine groups is 1. The summed E-state index contributed by atoms with van der Waals surface area (Å²) in [5.41, 5.74) is 16.0. The van der Waals surface area contributed by atoms with Crippen molar-refractivity contribution in [3.05, 3.63) is 0 Å². The normalized spacial score (nSPS) is 15.2. The third kappa shape index (κ3) is 12.2. The number of nitrogens with zero attached hydrogens (tertiary/aromatic N) is 1. The van der Waals surface area contributed by atoms with Crippen molar-refractivity contribution >= 4 is 35.6 Å². The summed E-state index contributed by atoms with van der Waals surface area (Å²) >= 11 is 0. The number of hydrogen-bond donors (Lipinski definition) is 9. The molecule has 0 saturated carbocycles. The molecule has 0 aliphatic rings. The number of carbonyl (C=O) groups is 5. The molecule has 0 fully saturated rings. The quantitative estimate of drug-likeness (QED) is 0.0628. The van der Waals surface area contributed by atoms with Gasteiger partial charge in [-0.1, -0.05) is 0 Å². The molecule has 0 aromatic heterocycles. The van der Waals surface area contributed by atoms with Crippen molar-refractivity contribution in [2.45, 2.75) is 69.8 Å². The van der Waals surface area contributed by atoms with E-state index in [2.05, 4.69) is 20.9 Å². The number of aliphatic carboxylic acids is 2. The summed E-state index contributed by atoms with van der Waals surface area (Å²) in [6.45, 7) is 2.61. The van der Waals surface area contributed by atoms with E-state index in [1.807, 2.05) is 0 Å². The topological polar surface area (TPSA) is 273 Å². The fourth-order valence-electron chi connectivity index (χ4n) is 2.44.